The Kier molecular flexibility index (Phi) is 6.34. The van der Waals surface area contributed by atoms with Gasteiger partial charge < -0.3 is 10.6 Å². The summed E-state index contributed by atoms with van der Waals surface area (Å²) in [5.41, 5.74) is 5.68. The Hall–Kier alpha value is -0.280. The molecule has 4 heteroatoms. The van der Waals surface area contributed by atoms with Crippen molar-refractivity contribution in [3.8, 4) is 0 Å². The molecule has 0 aromatic heterocycles. The Morgan fingerprint density at radius 2 is 2.00 bits per heavy atom. The first-order valence-corrected chi connectivity index (χ1v) is 5.88. The first kappa shape index (κ1) is 15.7. The van der Waals surface area contributed by atoms with Gasteiger partial charge in [-0.3, -0.25) is 4.79 Å². The molecular weight excluding hydrogens is 224 g/mol. The number of hydrogen-bond donors (Lipinski definition) is 1. The fraction of sp³-hybridized carbons (Fsp3) is 0.917. The van der Waals surface area contributed by atoms with Crippen molar-refractivity contribution in [1.29, 1.82) is 0 Å². The van der Waals surface area contributed by atoms with E-state index in [9.17, 15) is 4.79 Å². The summed E-state index contributed by atoms with van der Waals surface area (Å²) in [7, 11) is 1.88. The maximum Gasteiger partial charge on any atom is 0.222 e. The normalized spacial score (nSPS) is 15.5. The average Bonchev–Trinajstić information content (AvgIpc) is 2.97. The Labute approximate surface area is 105 Å². The van der Waals surface area contributed by atoms with E-state index in [1.54, 1.807) is 0 Å². The molecule has 3 nitrogen and oxygen atoms in total. The minimum atomic E-state index is 0. The maximum atomic E-state index is 11.8. The number of amides is 1. The zero-order valence-electron chi connectivity index (χ0n) is 10.7. The van der Waals surface area contributed by atoms with Crippen LogP contribution in [0, 0.1) is 11.3 Å². The van der Waals surface area contributed by atoms with E-state index < -0.39 is 0 Å². The fourth-order valence-corrected chi connectivity index (χ4v) is 1.72. The molecule has 0 saturated heterocycles. The molecule has 1 aliphatic carbocycles. The van der Waals surface area contributed by atoms with E-state index in [0.717, 1.165) is 18.9 Å². The van der Waals surface area contributed by atoms with Crippen LogP contribution in [0.5, 0.6) is 0 Å². The van der Waals surface area contributed by atoms with E-state index in [1.807, 2.05) is 11.9 Å². The topological polar surface area (TPSA) is 46.3 Å². The van der Waals surface area contributed by atoms with Crippen LogP contribution in [0.4, 0.5) is 0 Å². The minimum absolute atomic E-state index is 0. The van der Waals surface area contributed by atoms with Crippen molar-refractivity contribution >= 4 is 18.3 Å². The van der Waals surface area contributed by atoms with Gasteiger partial charge >= 0.3 is 0 Å². The van der Waals surface area contributed by atoms with Gasteiger partial charge in [0.15, 0.2) is 0 Å². The average molecular weight is 249 g/mol. The summed E-state index contributed by atoms with van der Waals surface area (Å²) in [4.78, 5) is 13.6. The number of nitrogens with zero attached hydrogens (tertiary/aromatic N) is 1. The third-order valence-electron chi connectivity index (χ3n) is 3.11. The molecule has 0 radical (unpaired) electrons. The van der Waals surface area contributed by atoms with Gasteiger partial charge in [-0.05, 0) is 24.3 Å². The Morgan fingerprint density at radius 1 is 1.44 bits per heavy atom. The van der Waals surface area contributed by atoms with Gasteiger partial charge in [-0.2, -0.15) is 0 Å². The Balaban J connectivity index is 0.00000225. The second-order valence-corrected chi connectivity index (χ2v) is 5.60. The van der Waals surface area contributed by atoms with E-state index in [2.05, 4.69) is 13.8 Å². The summed E-state index contributed by atoms with van der Waals surface area (Å²) in [6, 6.07) is 0. The lowest BCUT2D eigenvalue weighted by Gasteiger charge is -2.29. The lowest BCUT2D eigenvalue weighted by molar-refractivity contribution is -0.131. The molecule has 16 heavy (non-hydrogen) atoms. The highest BCUT2D eigenvalue weighted by atomic mass is 35.5. The Bertz CT molecular complexity index is 227. The number of nitrogens with two attached hydrogens (primary N) is 1. The molecule has 0 atom stereocenters. The number of rotatable bonds is 6. The van der Waals surface area contributed by atoms with Crippen LogP contribution in [0.2, 0.25) is 0 Å². The van der Waals surface area contributed by atoms with Gasteiger partial charge in [0.1, 0.15) is 0 Å². The molecule has 1 aliphatic rings. The molecule has 1 fully saturated rings. The van der Waals surface area contributed by atoms with E-state index in [0.29, 0.717) is 13.0 Å². The van der Waals surface area contributed by atoms with Crippen molar-refractivity contribution in [3.05, 3.63) is 0 Å². The van der Waals surface area contributed by atoms with Crippen LogP contribution >= 0.6 is 12.4 Å². The third-order valence-corrected chi connectivity index (χ3v) is 3.11. The van der Waals surface area contributed by atoms with E-state index in [4.69, 9.17) is 5.73 Å². The van der Waals surface area contributed by atoms with Gasteiger partial charge in [0.25, 0.3) is 0 Å². The first-order valence-electron chi connectivity index (χ1n) is 5.88. The lowest BCUT2D eigenvalue weighted by atomic mass is 9.93. The summed E-state index contributed by atoms with van der Waals surface area (Å²) in [5, 5.41) is 0. The number of halogens is 1. The van der Waals surface area contributed by atoms with Crippen molar-refractivity contribution in [1.82, 2.24) is 4.90 Å². The quantitative estimate of drug-likeness (QED) is 0.782. The molecule has 0 bridgehead atoms. The van der Waals surface area contributed by atoms with Crippen LogP contribution < -0.4 is 5.73 Å². The van der Waals surface area contributed by atoms with Crippen LogP contribution in [-0.2, 0) is 4.79 Å². The monoisotopic (exact) mass is 248 g/mol. The van der Waals surface area contributed by atoms with Gasteiger partial charge in [0.2, 0.25) is 5.91 Å². The molecule has 0 aliphatic heterocycles. The van der Waals surface area contributed by atoms with Gasteiger partial charge in [0.05, 0.1) is 0 Å². The van der Waals surface area contributed by atoms with Crippen molar-refractivity contribution in [2.45, 2.75) is 39.5 Å². The molecule has 1 amide bonds. The molecule has 0 unspecified atom stereocenters. The van der Waals surface area contributed by atoms with Gasteiger partial charge in [-0.15, -0.1) is 12.4 Å². The zero-order valence-corrected chi connectivity index (χ0v) is 11.5. The van der Waals surface area contributed by atoms with Crippen LogP contribution in [0.3, 0.4) is 0 Å². The standard InChI is InChI=1S/C12H24N2O.ClH/c1-12(2,8-13)9-14(3)11(15)7-6-10-4-5-10;/h10H,4-9,13H2,1-3H3;1H. The van der Waals surface area contributed by atoms with Crippen molar-refractivity contribution in [2.75, 3.05) is 20.1 Å². The van der Waals surface area contributed by atoms with Crippen molar-refractivity contribution in [3.63, 3.8) is 0 Å². The summed E-state index contributed by atoms with van der Waals surface area (Å²) >= 11 is 0. The highest BCUT2D eigenvalue weighted by Gasteiger charge is 2.24. The number of carbonyl (C=O) groups excluding carboxylic acids is 1. The van der Waals surface area contributed by atoms with Gasteiger partial charge in [0, 0.05) is 20.0 Å². The molecule has 1 saturated carbocycles. The smallest absolute Gasteiger partial charge is 0.222 e. The SMILES string of the molecule is CN(CC(C)(C)CN)C(=O)CCC1CC1.Cl. The lowest BCUT2D eigenvalue weighted by Crippen LogP contribution is -2.39. The second-order valence-electron chi connectivity index (χ2n) is 5.60. The molecular formula is C12H25ClN2O. The van der Waals surface area contributed by atoms with Crippen LogP contribution in [0.1, 0.15) is 39.5 Å². The van der Waals surface area contributed by atoms with Gasteiger partial charge in [-0.25, -0.2) is 0 Å². The molecule has 1 rings (SSSR count). The predicted molar refractivity (Wildman–Crippen MR) is 69.7 cm³/mol. The summed E-state index contributed by atoms with van der Waals surface area (Å²) < 4.78 is 0. The molecule has 96 valence electrons. The molecule has 2 N–H and O–H groups in total. The van der Waals surface area contributed by atoms with Crippen molar-refractivity contribution < 1.29 is 4.79 Å². The highest BCUT2D eigenvalue weighted by molar-refractivity contribution is 5.85. The van der Waals surface area contributed by atoms with E-state index >= 15 is 0 Å². The van der Waals surface area contributed by atoms with E-state index in [-0.39, 0.29) is 23.7 Å². The second kappa shape index (κ2) is 6.45. The summed E-state index contributed by atoms with van der Waals surface area (Å²) in [6.45, 7) is 5.57. The molecule has 0 aromatic carbocycles. The summed E-state index contributed by atoms with van der Waals surface area (Å²) in [5.74, 6) is 1.10. The van der Waals surface area contributed by atoms with Crippen LogP contribution in [-0.4, -0.2) is 30.9 Å². The molecule has 0 heterocycles. The predicted octanol–water partition coefficient (Wildman–Crippen LogP) is 2.04. The fourth-order valence-electron chi connectivity index (χ4n) is 1.72. The molecule has 0 aromatic rings. The Morgan fingerprint density at radius 3 is 2.44 bits per heavy atom. The number of carbonyl (C=O) groups is 1. The van der Waals surface area contributed by atoms with E-state index in [1.165, 1.54) is 12.8 Å². The van der Waals surface area contributed by atoms with Crippen molar-refractivity contribution in [2.24, 2.45) is 17.1 Å². The largest absolute Gasteiger partial charge is 0.345 e. The first-order chi connectivity index (χ1) is 6.94. The van der Waals surface area contributed by atoms with Crippen LogP contribution in [0.15, 0.2) is 0 Å². The van der Waals surface area contributed by atoms with Gasteiger partial charge in [-0.1, -0.05) is 26.7 Å². The highest BCUT2D eigenvalue weighted by Crippen LogP contribution is 2.33. The maximum absolute atomic E-state index is 11.8. The van der Waals surface area contributed by atoms with Crippen LogP contribution in [0.25, 0.3) is 0 Å². The number of hydrogen-bond acceptors (Lipinski definition) is 2. The molecule has 0 spiro atoms. The zero-order chi connectivity index (χ0) is 11.5. The minimum Gasteiger partial charge on any atom is -0.345 e. The third kappa shape index (κ3) is 5.71. The summed E-state index contributed by atoms with van der Waals surface area (Å²) in [6.07, 6.45) is 4.44.